The number of hydrogen-bond donors (Lipinski definition) is 1. The highest BCUT2D eigenvalue weighted by atomic mass is 16.5. The zero-order valence-electron chi connectivity index (χ0n) is 9.87. The van der Waals surface area contributed by atoms with Crippen LogP contribution in [0.4, 0.5) is 0 Å². The van der Waals surface area contributed by atoms with Crippen LogP contribution in [0, 0.1) is 0 Å². The van der Waals surface area contributed by atoms with Crippen molar-refractivity contribution in [2.45, 2.75) is 6.61 Å². The molecule has 0 fully saturated rings. The van der Waals surface area contributed by atoms with Crippen LogP contribution in [-0.4, -0.2) is 17.7 Å². The van der Waals surface area contributed by atoms with Crippen LogP contribution in [0.5, 0.6) is 0 Å². The van der Waals surface area contributed by atoms with Gasteiger partial charge in [0.15, 0.2) is 0 Å². The molecule has 18 heavy (non-hydrogen) atoms. The quantitative estimate of drug-likeness (QED) is 0.876. The molecule has 92 valence electrons. The van der Waals surface area contributed by atoms with Gasteiger partial charge in [-0.05, 0) is 16.7 Å². The molecule has 0 atom stereocenters. The largest absolute Gasteiger partial charge is 0.480 e. The lowest BCUT2D eigenvalue weighted by molar-refractivity contribution is -0.142. The van der Waals surface area contributed by atoms with E-state index in [2.05, 4.69) is 0 Å². The molecule has 2 aromatic rings. The van der Waals surface area contributed by atoms with Gasteiger partial charge in [-0.15, -0.1) is 0 Å². The van der Waals surface area contributed by atoms with Crippen LogP contribution in [0.2, 0.25) is 0 Å². The van der Waals surface area contributed by atoms with E-state index in [1.165, 1.54) is 0 Å². The van der Waals surface area contributed by atoms with E-state index in [9.17, 15) is 4.79 Å². The van der Waals surface area contributed by atoms with E-state index in [0.717, 1.165) is 16.7 Å². The third-order valence-electron chi connectivity index (χ3n) is 2.59. The Kier molecular flexibility index (Phi) is 4.10. The first-order chi connectivity index (χ1) is 8.77. The van der Waals surface area contributed by atoms with Crippen LogP contribution in [0.1, 0.15) is 5.56 Å². The number of hydrogen-bond acceptors (Lipinski definition) is 2. The summed E-state index contributed by atoms with van der Waals surface area (Å²) in [4.78, 5) is 10.4. The minimum absolute atomic E-state index is 0.275. The molecule has 2 aromatic carbocycles. The first-order valence-corrected chi connectivity index (χ1v) is 5.70. The van der Waals surface area contributed by atoms with Gasteiger partial charge in [-0.3, -0.25) is 0 Å². The van der Waals surface area contributed by atoms with Crippen LogP contribution in [0.25, 0.3) is 11.1 Å². The fraction of sp³-hybridized carbons (Fsp3) is 0.133. The first-order valence-electron chi connectivity index (χ1n) is 5.70. The van der Waals surface area contributed by atoms with E-state index in [4.69, 9.17) is 9.84 Å². The van der Waals surface area contributed by atoms with Gasteiger partial charge >= 0.3 is 5.97 Å². The monoisotopic (exact) mass is 242 g/mol. The summed E-state index contributed by atoms with van der Waals surface area (Å²) in [5.41, 5.74) is 3.17. The molecule has 3 heteroatoms. The van der Waals surface area contributed by atoms with Gasteiger partial charge in [0.2, 0.25) is 0 Å². The minimum atomic E-state index is -0.952. The third kappa shape index (κ3) is 3.18. The molecule has 0 aliphatic carbocycles. The summed E-state index contributed by atoms with van der Waals surface area (Å²) in [5, 5.41) is 8.55. The van der Waals surface area contributed by atoms with Gasteiger partial charge in [0.1, 0.15) is 6.61 Å². The van der Waals surface area contributed by atoms with Gasteiger partial charge in [0.25, 0.3) is 0 Å². The van der Waals surface area contributed by atoms with Crippen LogP contribution in [-0.2, 0) is 16.1 Å². The molecule has 0 unspecified atom stereocenters. The standard InChI is InChI=1S/C15H14O3/c16-15(17)11-18-10-13-8-4-5-9-14(13)12-6-2-1-3-7-12/h1-9H,10-11H2,(H,16,17). The maximum Gasteiger partial charge on any atom is 0.329 e. The van der Waals surface area contributed by atoms with Crippen LogP contribution >= 0.6 is 0 Å². The molecule has 2 rings (SSSR count). The number of carbonyl (C=O) groups is 1. The van der Waals surface area contributed by atoms with Gasteiger partial charge in [-0.1, -0.05) is 54.6 Å². The SMILES string of the molecule is O=C(O)COCc1ccccc1-c1ccccc1. The Morgan fingerprint density at radius 1 is 1.00 bits per heavy atom. The Morgan fingerprint density at radius 2 is 1.67 bits per heavy atom. The normalized spacial score (nSPS) is 10.2. The molecule has 0 aliphatic rings. The molecule has 0 heterocycles. The smallest absolute Gasteiger partial charge is 0.329 e. The molecule has 0 aromatic heterocycles. The predicted octanol–water partition coefficient (Wildman–Crippen LogP) is 2.95. The predicted molar refractivity (Wildman–Crippen MR) is 69.2 cm³/mol. The lowest BCUT2D eigenvalue weighted by Crippen LogP contribution is -2.07. The zero-order chi connectivity index (χ0) is 12.8. The van der Waals surface area contributed by atoms with Crippen molar-refractivity contribution in [2.24, 2.45) is 0 Å². The van der Waals surface area contributed by atoms with Crippen LogP contribution in [0.15, 0.2) is 54.6 Å². The van der Waals surface area contributed by atoms with E-state index in [1.54, 1.807) is 0 Å². The highest BCUT2D eigenvalue weighted by Gasteiger charge is 2.05. The van der Waals surface area contributed by atoms with E-state index in [1.807, 2.05) is 54.6 Å². The Bertz CT molecular complexity index is 520. The summed E-state index contributed by atoms with van der Waals surface area (Å²) in [6, 6.07) is 17.8. The summed E-state index contributed by atoms with van der Waals surface area (Å²) >= 11 is 0. The number of rotatable bonds is 5. The van der Waals surface area contributed by atoms with Crippen molar-refractivity contribution in [1.29, 1.82) is 0 Å². The van der Waals surface area contributed by atoms with Crippen molar-refractivity contribution in [2.75, 3.05) is 6.61 Å². The Labute approximate surface area is 106 Å². The lowest BCUT2D eigenvalue weighted by atomic mass is 10.0. The fourth-order valence-electron chi connectivity index (χ4n) is 1.79. The van der Waals surface area contributed by atoms with E-state index in [0.29, 0.717) is 6.61 Å². The topological polar surface area (TPSA) is 46.5 Å². The van der Waals surface area contributed by atoms with Gasteiger partial charge in [0, 0.05) is 0 Å². The van der Waals surface area contributed by atoms with Crippen LogP contribution in [0.3, 0.4) is 0 Å². The number of ether oxygens (including phenoxy) is 1. The molecule has 0 radical (unpaired) electrons. The molecular formula is C15H14O3. The van der Waals surface area contributed by atoms with Crippen molar-refractivity contribution in [3.8, 4) is 11.1 Å². The van der Waals surface area contributed by atoms with E-state index < -0.39 is 5.97 Å². The minimum Gasteiger partial charge on any atom is -0.480 e. The second-order valence-electron chi connectivity index (χ2n) is 3.91. The molecule has 0 spiro atoms. The van der Waals surface area contributed by atoms with E-state index >= 15 is 0 Å². The van der Waals surface area contributed by atoms with Crippen molar-refractivity contribution < 1.29 is 14.6 Å². The highest BCUT2D eigenvalue weighted by molar-refractivity contribution is 5.68. The Hall–Kier alpha value is -2.13. The number of benzene rings is 2. The van der Waals surface area contributed by atoms with Crippen molar-refractivity contribution in [1.82, 2.24) is 0 Å². The third-order valence-corrected chi connectivity index (χ3v) is 2.59. The van der Waals surface area contributed by atoms with Gasteiger partial charge in [-0.2, -0.15) is 0 Å². The van der Waals surface area contributed by atoms with E-state index in [-0.39, 0.29) is 6.61 Å². The highest BCUT2D eigenvalue weighted by Crippen LogP contribution is 2.23. The van der Waals surface area contributed by atoms with Gasteiger partial charge in [-0.25, -0.2) is 4.79 Å². The average Bonchev–Trinajstić information content (AvgIpc) is 2.40. The summed E-state index contributed by atoms with van der Waals surface area (Å²) in [6.45, 7) is 0.0283. The van der Waals surface area contributed by atoms with Crippen molar-refractivity contribution in [3.05, 3.63) is 60.2 Å². The second kappa shape index (κ2) is 5.98. The average molecular weight is 242 g/mol. The molecule has 3 nitrogen and oxygen atoms in total. The van der Waals surface area contributed by atoms with Gasteiger partial charge < -0.3 is 9.84 Å². The molecule has 0 aliphatic heterocycles. The molecule has 0 amide bonds. The summed E-state index contributed by atoms with van der Waals surface area (Å²) < 4.78 is 5.14. The maximum absolute atomic E-state index is 10.4. The molecule has 0 saturated heterocycles. The second-order valence-corrected chi connectivity index (χ2v) is 3.91. The Balaban J connectivity index is 2.18. The van der Waals surface area contributed by atoms with Gasteiger partial charge in [0.05, 0.1) is 6.61 Å². The number of aliphatic carboxylic acids is 1. The van der Waals surface area contributed by atoms with Crippen molar-refractivity contribution >= 4 is 5.97 Å². The first kappa shape index (κ1) is 12.3. The lowest BCUT2D eigenvalue weighted by Gasteiger charge is -2.09. The Morgan fingerprint density at radius 3 is 2.39 bits per heavy atom. The maximum atomic E-state index is 10.4. The zero-order valence-corrected chi connectivity index (χ0v) is 9.87. The number of carboxylic acids is 1. The number of carboxylic acid groups (broad SMARTS) is 1. The summed E-state index contributed by atoms with van der Waals surface area (Å²) in [7, 11) is 0. The van der Waals surface area contributed by atoms with Crippen LogP contribution < -0.4 is 0 Å². The van der Waals surface area contributed by atoms with Crippen molar-refractivity contribution in [3.63, 3.8) is 0 Å². The molecular weight excluding hydrogens is 228 g/mol. The fourth-order valence-corrected chi connectivity index (χ4v) is 1.79. The molecule has 0 bridgehead atoms. The summed E-state index contributed by atoms with van der Waals surface area (Å²) in [6.07, 6.45) is 0. The molecule has 1 N–H and O–H groups in total. The summed E-state index contributed by atoms with van der Waals surface area (Å²) in [5.74, 6) is -0.952. The molecule has 0 saturated carbocycles.